The molecule has 1 heterocycles. The van der Waals surface area contributed by atoms with Crippen LogP contribution in [-0.4, -0.2) is 26.7 Å². The van der Waals surface area contributed by atoms with E-state index in [-0.39, 0.29) is 12.5 Å². The first-order chi connectivity index (χ1) is 7.86. The minimum Gasteiger partial charge on any atom is -0.396 e. The van der Waals surface area contributed by atoms with E-state index in [0.717, 1.165) is 8.66 Å². The molecule has 0 bridgehead atoms. The first kappa shape index (κ1) is 15.1. The number of halogens is 1. The zero-order valence-corrected chi connectivity index (χ0v) is 13.0. The van der Waals surface area contributed by atoms with Crippen LogP contribution in [0.3, 0.4) is 0 Å². The van der Waals surface area contributed by atoms with Crippen LogP contribution in [0.2, 0.25) is 0 Å². The van der Waals surface area contributed by atoms with E-state index in [0.29, 0.717) is 17.9 Å². The van der Waals surface area contributed by atoms with Crippen molar-refractivity contribution >= 4 is 37.3 Å². The van der Waals surface area contributed by atoms with Crippen molar-refractivity contribution in [1.29, 1.82) is 0 Å². The first-order valence-electron chi connectivity index (χ1n) is 5.23. The quantitative estimate of drug-likeness (QED) is 0.832. The fraction of sp³-hybridized carbons (Fsp3) is 0.600. The normalized spacial score (nSPS) is 13.9. The maximum absolute atomic E-state index is 12.0. The second kappa shape index (κ2) is 6.29. The van der Waals surface area contributed by atoms with Gasteiger partial charge in [0.25, 0.3) is 0 Å². The van der Waals surface area contributed by atoms with Crippen molar-refractivity contribution in [2.45, 2.75) is 25.2 Å². The highest BCUT2D eigenvalue weighted by atomic mass is 79.9. The Kier molecular flexibility index (Phi) is 5.59. The van der Waals surface area contributed by atoms with E-state index in [4.69, 9.17) is 5.11 Å². The van der Waals surface area contributed by atoms with Gasteiger partial charge in [-0.2, -0.15) is 0 Å². The van der Waals surface area contributed by atoms with Crippen molar-refractivity contribution in [2.24, 2.45) is 5.92 Å². The Morgan fingerprint density at radius 3 is 2.71 bits per heavy atom. The monoisotopic (exact) mass is 341 g/mol. The number of nitrogens with one attached hydrogen (secondary N) is 1. The molecule has 2 N–H and O–H groups in total. The molecule has 0 fully saturated rings. The highest BCUT2D eigenvalue weighted by Crippen LogP contribution is 2.29. The van der Waals surface area contributed by atoms with E-state index in [2.05, 4.69) is 20.7 Å². The molecule has 0 aliphatic heterocycles. The van der Waals surface area contributed by atoms with Gasteiger partial charge in [-0.05, 0) is 41.3 Å². The van der Waals surface area contributed by atoms with Crippen LogP contribution in [0.5, 0.6) is 0 Å². The van der Waals surface area contributed by atoms with Crippen molar-refractivity contribution in [3.05, 3.63) is 14.7 Å². The molecule has 0 aliphatic carbocycles. The molecule has 0 spiro atoms. The van der Waals surface area contributed by atoms with Gasteiger partial charge in [0.05, 0.1) is 8.68 Å². The van der Waals surface area contributed by atoms with Crippen molar-refractivity contribution in [2.75, 3.05) is 13.2 Å². The molecule has 0 amide bonds. The third kappa shape index (κ3) is 4.33. The van der Waals surface area contributed by atoms with Crippen LogP contribution in [0, 0.1) is 12.8 Å². The number of rotatable bonds is 6. The summed E-state index contributed by atoms with van der Waals surface area (Å²) in [6.45, 7) is 4.10. The van der Waals surface area contributed by atoms with Crippen molar-refractivity contribution in [3.8, 4) is 0 Å². The fourth-order valence-corrected chi connectivity index (χ4v) is 4.93. The molecule has 7 heteroatoms. The van der Waals surface area contributed by atoms with Crippen LogP contribution in [0.15, 0.2) is 14.7 Å². The second-order valence-corrected chi connectivity index (χ2v) is 8.31. The third-order valence-corrected chi connectivity index (χ3v) is 5.61. The number of sulfonamides is 1. The summed E-state index contributed by atoms with van der Waals surface area (Å²) in [7, 11) is -3.43. The molecule has 1 aromatic rings. The van der Waals surface area contributed by atoms with Crippen LogP contribution in [0.25, 0.3) is 0 Å². The van der Waals surface area contributed by atoms with Crippen LogP contribution in [0.4, 0.5) is 0 Å². The molecule has 1 unspecified atom stereocenters. The van der Waals surface area contributed by atoms with Gasteiger partial charge in [-0.1, -0.05) is 6.92 Å². The molecule has 0 saturated heterocycles. The molecular weight excluding hydrogens is 326 g/mol. The standard InChI is InChI=1S/C10H16BrNO3S2/c1-7(3-4-13)6-12-17(14,15)9-5-10(11)16-8(9)2/h5,7,12-13H,3-4,6H2,1-2H3. The largest absolute Gasteiger partial charge is 0.396 e. The molecule has 17 heavy (non-hydrogen) atoms. The molecule has 98 valence electrons. The summed E-state index contributed by atoms with van der Waals surface area (Å²) in [4.78, 5) is 1.09. The number of hydrogen-bond donors (Lipinski definition) is 2. The average molecular weight is 342 g/mol. The predicted molar refractivity (Wildman–Crippen MR) is 72.8 cm³/mol. The topological polar surface area (TPSA) is 66.4 Å². The summed E-state index contributed by atoms with van der Waals surface area (Å²) in [5.41, 5.74) is 0. The van der Waals surface area contributed by atoms with Crippen molar-refractivity contribution < 1.29 is 13.5 Å². The van der Waals surface area contributed by atoms with Gasteiger partial charge in [-0.25, -0.2) is 13.1 Å². The molecule has 0 saturated carbocycles. The number of aliphatic hydroxyl groups excluding tert-OH is 1. The molecule has 0 aromatic carbocycles. The van der Waals surface area contributed by atoms with E-state index in [1.807, 2.05) is 6.92 Å². The molecule has 1 atom stereocenters. The zero-order valence-electron chi connectivity index (χ0n) is 9.73. The van der Waals surface area contributed by atoms with E-state index >= 15 is 0 Å². The average Bonchev–Trinajstić information content (AvgIpc) is 2.56. The molecule has 0 aliphatic rings. The number of aliphatic hydroxyl groups is 1. The van der Waals surface area contributed by atoms with E-state index in [1.165, 1.54) is 11.3 Å². The Bertz CT molecular complexity index is 470. The Labute approximate surface area is 114 Å². The third-order valence-electron chi connectivity index (χ3n) is 2.38. The molecule has 0 radical (unpaired) electrons. The lowest BCUT2D eigenvalue weighted by molar-refractivity contribution is 0.263. The van der Waals surface area contributed by atoms with E-state index < -0.39 is 10.0 Å². The SMILES string of the molecule is Cc1sc(Br)cc1S(=O)(=O)NCC(C)CCO. The Morgan fingerprint density at radius 2 is 2.24 bits per heavy atom. The Hall–Kier alpha value is 0.0500. The summed E-state index contributed by atoms with van der Waals surface area (Å²) in [5.74, 6) is 0.122. The Morgan fingerprint density at radius 1 is 1.59 bits per heavy atom. The van der Waals surface area contributed by atoms with Gasteiger partial charge in [0.2, 0.25) is 10.0 Å². The van der Waals surface area contributed by atoms with Crippen molar-refractivity contribution in [1.82, 2.24) is 4.72 Å². The van der Waals surface area contributed by atoms with Gasteiger partial charge in [0.15, 0.2) is 0 Å². The minimum atomic E-state index is -3.43. The maximum atomic E-state index is 12.0. The van der Waals surface area contributed by atoms with Crippen LogP contribution < -0.4 is 4.72 Å². The van der Waals surface area contributed by atoms with Gasteiger partial charge in [0, 0.05) is 18.0 Å². The van der Waals surface area contributed by atoms with Crippen LogP contribution in [0.1, 0.15) is 18.2 Å². The number of hydrogen-bond acceptors (Lipinski definition) is 4. The summed E-state index contributed by atoms with van der Waals surface area (Å²) in [6.07, 6.45) is 0.592. The van der Waals surface area contributed by atoms with Gasteiger partial charge < -0.3 is 5.11 Å². The summed E-state index contributed by atoms with van der Waals surface area (Å²) in [5, 5.41) is 8.75. The van der Waals surface area contributed by atoms with Gasteiger partial charge in [0.1, 0.15) is 0 Å². The summed E-state index contributed by atoms with van der Waals surface area (Å²) in [6, 6.07) is 1.61. The second-order valence-electron chi connectivity index (χ2n) is 3.94. The Balaban J connectivity index is 2.73. The molecule has 1 rings (SSSR count). The lowest BCUT2D eigenvalue weighted by Crippen LogP contribution is -2.28. The minimum absolute atomic E-state index is 0.0753. The molecule has 1 aromatic heterocycles. The highest BCUT2D eigenvalue weighted by Gasteiger charge is 2.19. The lowest BCUT2D eigenvalue weighted by atomic mass is 10.1. The number of aryl methyl sites for hydroxylation is 1. The molecule has 4 nitrogen and oxygen atoms in total. The van der Waals surface area contributed by atoms with Crippen LogP contribution in [-0.2, 0) is 10.0 Å². The summed E-state index contributed by atoms with van der Waals surface area (Å²) >= 11 is 4.67. The molecular formula is C10H16BrNO3S2. The predicted octanol–water partition coefficient (Wildman–Crippen LogP) is 2.12. The van der Waals surface area contributed by atoms with Gasteiger partial charge >= 0.3 is 0 Å². The van der Waals surface area contributed by atoms with Crippen LogP contribution >= 0.6 is 27.3 Å². The highest BCUT2D eigenvalue weighted by molar-refractivity contribution is 9.11. The lowest BCUT2D eigenvalue weighted by Gasteiger charge is -2.11. The number of thiophene rings is 1. The van der Waals surface area contributed by atoms with Gasteiger partial charge in [-0.3, -0.25) is 0 Å². The maximum Gasteiger partial charge on any atom is 0.241 e. The zero-order chi connectivity index (χ0) is 13.1. The van der Waals surface area contributed by atoms with Crippen molar-refractivity contribution in [3.63, 3.8) is 0 Å². The summed E-state index contributed by atoms with van der Waals surface area (Å²) < 4.78 is 27.3. The van der Waals surface area contributed by atoms with E-state index in [1.54, 1.807) is 13.0 Å². The van der Waals surface area contributed by atoms with Gasteiger partial charge in [-0.15, -0.1) is 11.3 Å². The van der Waals surface area contributed by atoms with E-state index in [9.17, 15) is 8.42 Å². The smallest absolute Gasteiger partial charge is 0.241 e. The first-order valence-corrected chi connectivity index (χ1v) is 8.32. The fourth-order valence-electron chi connectivity index (χ4n) is 1.35.